The maximum Gasteiger partial charge on any atom is 0.265 e. The van der Waals surface area contributed by atoms with Crippen molar-refractivity contribution in [3.8, 4) is 0 Å². The second-order valence-electron chi connectivity index (χ2n) is 5.27. The zero-order valence-corrected chi connectivity index (χ0v) is 13.8. The van der Waals surface area contributed by atoms with E-state index in [9.17, 15) is 8.42 Å². The second-order valence-corrected chi connectivity index (χ2v) is 7.51. The summed E-state index contributed by atoms with van der Waals surface area (Å²) in [6.45, 7) is 1.25. The van der Waals surface area contributed by atoms with E-state index >= 15 is 0 Å². The van der Waals surface area contributed by atoms with E-state index in [4.69, 9.17) is 11.6 Å². The molecule has 0 fully saturated rings. The van der Waals surface area contributed by atoms with Crippen molar-refractivity contribution in [3.63, 3.8) is 0 Å². The molecule has 22 heavy (non-hydrogen) atoms. The molecule has 0 aliphatic carbocycles. The maximum atomic E-state index is 13.1. The highest BCUT2D eigenvalue weighted by atomic mass is 35.5. The number of rotatable bonds is 2. The highest BCUT2D eigenvalue weighted by molar-refractivity contribution is 7.93. The topological polar surface area (TPSA) is 40.6 Å². The van der Waals surface area contributed by atoms with Gasteiger partial charge in [-0.25, -0.2) is 8.42 Å². The lowest BCUT2D eigenvalue weighted by Gasteiger charge is -2.25. The van der Waals surface area contributed by atoms with Crippen LogP contribution in [0, 0.1) is 0 Å². The summed E-state index contributed by atoms with van der Waals surface area (Å²) >= 11 is 6.11. The third-order valence-electron chi connectivity index (χ3n) is 3.82. The highest BCUT2D eigenvalue weighted by Gasteiger charge is 2.30. The van der Waals surface area contributed by atoms with Gasteiger partial charge < -0.3 is 4.90 Å². The Morgan fingerprint density at radius 1 is 0.955 bits per heavy atom. The Hall–Kier alpha value is -1.72. The molecule has 116 valence electrons. The van der Waals surface area contributed by atoms with Crippen LogP contribution in [0.5, 0.6) is 0 Å². The van der Waals surface area contributed by atoms with Crippen LogP contribution in [0.1, 0.15) is 6.42 Å². The number of benzene rings is 2. The van der Waals surface area contributed by atoms with Gasteiger partial charge in [-0.15, -0.1) is 0 Å². The van der Waals surface area contributed by atoms with Crippen LogP contribution in [0.4, 0.5) is 11.4 Å². The van der Waals surface area contributed by atoms with Gasteiger partial charge in [-0.1, -0.05) is 35.9 Å². The summed E-state index contributed by atoms with van der Waals surface area (Å²) in [5.74, 6) is 0. The molecular formula is C16H17ClN2O2S. The van der Waals surface area contributed by atoms with Gasteiger partial charge in [-0.05, 0) is 30.7 Å². The first kappa shape index (κ1) is 15.2. The van der Waals surface area contributed by atoms with Gasteiger partial charge >= 0.3 is 0 Å². The molecule has 4 nitrogen and oxygen atoms in total. The monoisotopic (exact) mass is 336 g/mol. The Labute approximate surface area is 136 Å². The number of hydrogen-bond acceptors (Lipinski definition) is 3. The van der Waals surface area contributed by atoms with Gasteiger partial charge in [-0.3, -0.25) is 4.31 Å². The SMILES string of the molecule is CN1CCCN(S(=O)(=O)c2ccccc2Cl)c2ccccc21. The summed E-state index contributed by atoms with van der Waals surface area (Å²) in [5, 5.41) is 0.248. The fourth-order valence-corrected chi connectivity index (χ4v) is 4.73. The van der Waals surface area contributed by atoms with Crippen LogP contribution in [-0.2, 0) is 10.0 Å². The summed E-state index contributed by atoms with van der Waals surface area (Å²) in [4.78, 5) is 2.23. The Morgan fingerprint density at radius 3 is 2.32 bits per heavy atom. The van der Waals surface area contributed by atoms with Gasteiger partial charge in [0.15, 0.2) is 0 Å². The van der Waals surface area contributed by atoms with Crippen molar-refractivity contribution in [1.29, 1.82) is 0 Å². The minimum absolute atomic E-state index is 0.149. The molecule has 1 aliphatic heterocycles. The molecule has 1 aliphatic rings. The molecule has 0 radical (unpaired) electrons. The van der Waals surface area contributed by atoms with E-state index < -0.39 is 10.0 Å². The molecule has 0 saturated carbocycles. The average Bonchev–Trinajstić information content (AvgIpc) is 2.68. The Morgan fingerprint density at radius 2 is 1.59 bits per heavy atom. The normalized spacial score (nSPS) is 15.4. The van der Waals surface area contributed by atoms with E-state index in [0.29, 0.717) is 12.2 Å². The Bertz CT molecular complexity index is 792. The summed E-state index contributed by atoms with van der Waals surface area (Å²) in [6.07, 6.45) is 0.759. The van der Waals surface area contributed by atoms with Crippen molar-refractivity contribution in [2.24, 2.45) is 0 Å². The van der Waals surface area contributed by atoms with E-state index in [1.54, 1.807) is 24.3 Å². The lowest BCUT2D eigenvalue weighted by Crippen LogP contribution is -2.31. The zero-order valence-electron chi connectivity index (χ0n) is 12.2. The fourth-order valence-electron chi connectivity index (χ4n) is 2.71. The summed E-state index contributed by atoms with van der Waals surface area (Å²) in [5.41, 5.74) is 1.61. The third-order valence-corrected chi connectivity index (χ3v) is 6.13. The lowest BCUT2D eigenvalue weighted by atomic mass is 10.2. The largest absolute Gasteiger partial charge is 0.373 e. The third kappa shape index (κ3) is 2.55. The summed E-state index contributed by atoms with van der Waals surface area (Å²) in [7, 11) is -1.70. The first-order chi connectivity index (χ1) is 10.5. The molecule has 0 unspecified atom stereocenters. The van der Waals surface area contributed by atoms with Crippen molar-refractivity contribution in [2.75, 3.05) is 29.3 Å². The van der Waals surface area contributed by atoms with Crippen molar-refractivity contribution in [3.05, 3.63) is 53.6 Å². The van der Waals surface area contributed by atoms with Crippen LogP contribution in [0.3, 0.4) is 0 Å². The van der Waals surface area contributed by atoms with Gasteiger partial charge in [0.1, 0.15) is 4.90 Å². The number of sulfonamides is 1. The van der Waals surface area contributed by atoms with Crippen molar-refractivity contribution in [1.82, 2.24) is 0 Å². The minimum Gasteiger partial charge on any atom is -0.373 e. The molecule has 2 aromatic rings. The molecule has 0 atom stereocenters. The van der Waals surface area contributed by atoms with E-state index in [2.05, 4.69) is 4.90 Å². The predicted octanol–water partition coefficient (Wildman–Crippen LogP) is 3.38. The van der Waals surface area contributed by atoms with Gasteiger partial charge in [0.25, 0.3) is 10.0 Å². The molecule has 2 aromatic carbocycles. The number of nitrogens with zero attached hydrogens (tertiary/aromatic N) is 2. The van der Waals surface area contributed by atoms with Crippen molar-refractivity contribution < 1.29 is 8.42 Å². The first-order valence-corrected chi connectivity index (χ1v) is 8.91. The van der Waals surface area contributed by atoms with Gasteiger partial charge in [-0.2, -0.15) is 0 Å². The smallest absolute Gasteiger partial charge is 0.265 e. The van der Waals surface area contributed by atoms with Crippen LogP contribution >= 0.6 is 11.6 Å². The summed E-state index contributed by atoms with van der Waals surface area (Å²) < 4.78 is 27.6. The maximum absolute atomic E-state index is 13.1. The molecule has 3 rings (SSSR count). The molecule has 0 N–H and O–H groups in total. The molecule has 0 bridgehead atoms. The van der Waals surface area contributed by atoms with Crippen molar-refractivity contribution >= 4 is 33.0 Å². The van der Waals surface area contributed by atoms with E-state index in [1.807, 2.05) is 31.3 Å². The number of anilines is 2. The molecule has 0 saturated heterocycles. The number of fused-ring (bicyclic) bond motifs is 1. The standard InChI is InChI=1S/C16H17ClN2O2S/c1-18-11-6-12-19(15-9-4-3-8-14(15)18)22(20,21)16-10-5-2-7-13(16)17/h2-5,7-10H,6,11-12H2,1H3. The molecule has 0 aromatic heterocycles. The van der Waals surface area contributed by atoms with Gasteiger partial charge in [0.2, 0.25) is 0 Å². The molecule has 1 heterocycles. The van der Waals surface area contributed by atoms with Crippen LogP contribution in [0.25, 0.3) is 0 Å². The minimum atomic E-state index is -3.68. The average molecular weight is 337 g/mol. The number of para-hydroxylation sites is 2. The molecule has 0 spiro atoms. The van der Waals surface area contributed by atoms with Crippen LogP contribution in [0.15, 0.2) is 53.4 Å². The van der Waals surface area contributed by atoms with Gasteiger partial charge in [0, 0.05) is 20.1 Å². The molecular weight excluding hydrogens is 320 g/mol. The van der Waals surface area contributed by atoms with E-state index in [1.165, 1.54) is 4.31 Å². The number of halogens is 1. The lowest BCUT2D eigenvalue weighted by molar-refractivity contribution is 0.590. The van der Waals surface area contributed by atoms with E-state index in [-0.39, 0.29) is 9.92 Å². The summed E-state index contributed by atoms with van der Waals surface area (Å²) in [6, 6.07) is 14.1. The highest BCUT2D eigenvalue weighted by Crippen LogP contribution is 2.36. The molecule has 0 amide bonds. The van der Waals surface area contributed by atoms with Crippen LogP contribution in [0.2, 0.25) is 5.02 Å². The van der Waals surface area contributed by atoms with Crippen LogP contribution in [-0.4, -0.2) is 28.6 Å². The van der Waals surface area contributed by atoms with Gasteiger partial charge in [0.05, 0.1) is 16.4 Å². The quantitative estimate of drug-likeness (QED) is 0.844. The Kier molecular flexibility index (Phi) is 4.02. The molecule has 6 heteroatoms. The fraction of sp³-hybridized carbons (Fsp3) is 0.250. The van der Waals surface area contributed by atoms with E-state index in [0.717, 1.165) is 18.7 Å². The van der Waals surface area contributed by atoms with Crippen LogP contribution < -0.4 is 9.21 Å². The zero-order chi connectivity index (χ0) is 15.7. The Balaban J connectivity index is 2.15. The van der Waals surface area contributed by atoms with Crippen molar-refractivity contribution in [2.45, 2.75) is 11.3 Å². The predicted molar refractivity (Wildman–Crippen MR) is 90.3 cm³/mol. The second kappa shape index (κ2) is 5.82. The first-order valence-electron chi connectivity index (χ1n) is 7.09. The number of hydrogen-bond donors (Lipinski definition) is 0.